The van der Waals surface area contributed by atoms with E-state index in [1.165, 1.54) is 0 Å². The Labute approximate surface area is 119 Å². The zero-order valence-electron chi connectivity index (χ0n) is 12.3. The van der Waals surface area contributed by atoms with Crippen molar-refractivity contribution in [3.05, 3.63) is 17.5 Å². The third-order valence-electron chi connectivity index (χ3n) is 3.08. The SMILES string of the molecule is CCOC(=O)c1cnn(C2CC2)c1C(OCC)OCC. The van der Waals surface area contributed by atoms with Gasteiger partial charge >= 0.3 is 5.97 Å². The summed E-state index contributed by atoms with van der Waals surface area (Å²) in [4.78, 5) is 12.0. The fraction of sp³-hybridized carbons (Fsp3) is 0.714. The van der Waals surface area contributed by atoms with Gasteiger partial charge in [0, 0.05) is 13.2 Å². The second-order valence-corrected chi connectivity index (χ2v) is 4.58. The molecule has 1 saturated carbocycles. The summed E-state index contributed by atoms with van der Waals surface area (Å²) in [6, 6.07) is 0.344. The van der Waals surface area contributed by atoms with Gasteiger partial charge in [0.25, 0.3) is 0 Å². The van der Waals surface area contributed by atoms with Crippen LogP contribution >= 0.6 is 0 Å². The van der Waals surface area contributed by atoms with Crippen LogP contribution < -0.4 is 0 Å². The van der Waals surface area contributed by atoms with E-state index in [0.717, 1.165) is 12.8 Å². The van der Waals surface area contributed by atoms with Crippen molar-refractivity contribution in [3.63, 3.8) is 0 Å². The van der Waals surface area contributed by atoms with Gasteiger partial charge in [0.2, 0.25) is 6.29 Å². The van der Waals surface area contributed by atoms with Crippen LogP contribution in [0, 0.1) is 0 Å². The molecule has 0 bridgehead atoms. The molecule has 1 fully saturated rings. The molecular formula is C14H22N2O4. The lowest BCUT2D eigenvalue weighted by Crippen LogP contribution is -2.18. The molecule has 0 radical (unpaired) electrons. The Morgan fingerprint density at radius 1 is 1.30 bits per heavy atom. The second kappa shape index (κ2) is 6.85. The molecule has 1 aliphatic carbocycles. The van der Waals surface area contributed by atoms with E-state index in [4.69, 9.17) is 14.2 Å². The molecule has 0 aliphatic heterocycles. The number of ether oxygens (including phenoxy) is 3. The van der Waals surface area contributed by atoms with Gasteiger partial charge < -0.3 is 14.2 Å². The number of esters is 1. The van der Waals surface area contributed by atoms with Crippen molar-refractivity contribution in [1.29, 1.82) is 0 Å². The summed E-state index contributed by atoms with van der Waals surface area (Å²) in [6.45, 7) is 6.92. The van der Waals surface area contributed by atoms with Crippen LogP contribution in [0.4, 0.5) is 0 Å². The molecule has 0 unspecified atom stereocenters. The molecule has 1 aromatic heterocycles. The van der Waals surface area contributed by atoms with E-state index in [2.05, 4.69) is 5.10 Å². The highest BCUT2D eigenvalue weighted by molar-refractivity contribution is 5.90. The Morgan fingerprint density at radius 3 is 2.45 bits per heavy atom. The normalized spacial score (nSPS) is 14.8. The maximum Gasteiger partial charge on any atom is 0.341 e. The third-order valence-corrected chi connectivity index (χ3v) is 3.08. The predicted molar refractivity (Wildman–Crippen MR) is 72.4 cm³/mol. The Morgan fingerprint density at radius 2 is 1.95 bits per heavy atom. The predicted octanol–water partition coefficient (Wildman–Crippen LogP) is 2.47. The van der Waals surface area contributed by atoms with Crippen LogP contribution in [0.5, 0.6) is 0 Å². The van der Waals surface area contributed by atoms with Gasteiger partial charge in [-0.15, -0.1) is 0 Å². The fourth-order valence-corrected chi connectivity index (χ4v) is 2.09. The number of nitrogens with zero attached hydrogens (tertiary/aromatic N) is 2. The number of hydrogen-bond donors (Lipinski definition) is 0. The quantitative estimate of drug-likeness (QED) is 0.541. The molecule has 0 spiro atoms. The maximum absolute atomic E-state index is 12.0. The van der Waals surface area contributed by atoms with Gasteiger partial charge in [-0.1, -0.05) is 0 Å². The molecule has 2 rings (SSSR count). The van der Waals surface area contributed by atoms with Gasteiger partial charge in [0.1, 0.15) is 11.3 Å². The lowest BCUT2D eigenvalue weighted by Gasteiger charge is -2.19. The molecule has 1 heterocycles. The number of rotatable bonds is 8. The highest BCUT2D eigenvalue weighted by Gasteiger charge is 2.34. The Bertz CT molecular complexity index is 448. The van der Waals surface area contributed by atoms with Gasteiger partial charge in [0.05, 0.1) is 18.8 Å². The summed E-state index contributed by atoms with van der Waals surface area (Å²) in [5, 5.41) is 4.32. The number of aromatic nitrogens is 2. The van der Waals surface area contributed by atoms with E-state index in [9.17, 15) is 4.79 Å². The van der Waals surface area contributed by atoms with Crippen molar-refractivity contribution in [2.24, 2.45) is 0 Å². The summed E-state index contributed by atoms with van der Waals surface area (Å²) < 4.78 is 18.2. The van der Waals surface area contributed by atoms with Crippen LogP contribution in [0.15, 0.2) is 6.20 Å². The van der Waals surface area contributed by atoms with E-state index < -0.39 is 6.29 Å². The maximum atomic E-state index is 12.0. The van der Waals surface area contributed by atoms with Gasteiger partial charge in [-0.2, -0.15) is 5.10 Å². The molecule has 0 amide bonds. The topological polar surface area (TPSA) is 62.6 Å². The van der Waals surface area contributed by atoms with Crippen molar-refractivity contribution in [2.45, 2.75) is 45.9 Å². The lowest BCUT2D eigenvalue weighted by molar-refractivity contribution is -0.145. The van der Waals surface area contributed by atoms with Crippen LogP contribution in [0.25, 0.3) is 0 Å². The van der Waals surface area contributed by atoms with Crippen LogP contribution in [0.3, 0.4) is 0 Å². The van der Waals surface area contributed by atoms with Gasteiger partial charge in [-0.05, 0) is 33.6 Å². The Hall–Kier alpha value is -1.40. The first-order chi connectivity index (χ1) is 9.72. The molecule has 20 heavy (non-hydrogen) atoms. The standard InChI is InChI=1S/C14H22N2O4/c1-4-18-13(17)11-9-15-16(10-7-8-10)12(11)14(19-5-2)20-6-3/h9-10,14H,4-8H2,1-3H3. The molecule has 112 valence electrons. The molecule has 0 aromatic carbocycles. The van der Waals surface area contributed by atoms with Crippen molar-refractivity contribution < 1.29 is 19.0 Å². The largest absolute Gasteiger partial charge is 0.462 e. The molecule has 1 aromatic rings. The van der Waals surface area contributed by atoms with E-state index >= 15 is 0 Å². The molecule has 6 heteroatoms. The van der Waals surface area contributed by atoms with Crippen molar-refractivity contribution in [1.82, 2.24) is 9.78 Å². The van der Waals surface area contributed by atoms with Crippen LogP contribution in [0.1, 0.15) is 62.0 Å². The molecule has 1 aliphatic rings. The summed E-state index contributed by atoms with van der Waals surface area (Å²) in [5.74, 6) is -0.376. The van der Waals surface area contributed by atoms with Crippen LogP contribution in [0.2, 0.25) is 0 Å². The monoisotopic (exact) mass is 282 g/mol. The zero-order valence-corrected chi connectivity index (χ0v) is 12.3. The molecular weight excluding hydrogens is 260 g/mol. The van der Waals surface area contributed by atoms with E-state index in [0.29, 0.717) is 37.1 Å². The molecule has 6 nitrogen and oxygen atoms in total. The third kappa shape index (κ3) is 3.19. The highest BCUT2D eigenvalue weighted by atomic mass is 16.7. The molecule has 0 saturated heterocycles. The number of carbonyl (C=O) groups is 1. The number of carbonyl (C=O) groups excluding carboxylic acids is 1. The first-order valence-electron chi connectivity index (χ1n) is 7.20. The van der Waals surface area contributed by atoms with Gasteiger partial charge in [-0.25, -0.2) is 4.79 Å². The van der Waals surface area contributed by atoms with E-state index in [1.807, 2.05) is 18.5 Å². The smallest absolute Gasteiger partial charge is 0.341 e. The van der Waals surface area contributed by atoms with Gasteiger partial charge in [-0.3, -0.25) is 4.68 Å². The summed E-state index contributed by atoms with van der Waals surface area (Å²) in [6.07, 6.45) is 3.12. The van der Waals surface area contributed by atoms with Crippen molar-refractivity contribution in [3.8, 4) is 0 Å². The van der Waals surface area contributed by atoms with E-state index in [1.54, 1.807) is 13.1 Å². The molecule has 0 atom stereocenters. The minimum Gasteiger partial charge on any atom is -0.462 e. The van der Waals surface area contributed by atoms with Crippen LogP contribution in [-0.2, 0) is 14.2 Å². The summed E-state index contributed by atoms with van der Waals surface area (Å²) in [5.41, 5.74) is 1.11. The second-order valence-electron chi connectivity index (χ2n) is 4.58. The average molecular weight is 282 g/mol. The highest BCUT2D eigenvalue weighted by Crippen LogP contribution is 2.38. The summed E-state index contributed by atoms with van der Waals surface area (Å²) in [7, 11) is 0. The van der Waals surface area contributed by atoms with Gasteiger partial charge in [0.15, 0.2) is 0 Å². The number of hydrogen-bond acceptors (Lipinski definition) is 5. The van der Waals surface area contributed by atoms with Crippen LogP contribution in [-0.4, -0.2) is 35.6 Å². The zero-order chi connectivity index (χ0) is 14.5. The minimum atomic E-state index is -0.576. The van der Waals surface area contributed by atoms with Crippen molar-refractivity contribution >= 4 is 5.97 Å². The summed E-state index contributed by atoms with van der Waals surface area (Å²) >= 11 is 0. The Balaban J connectivity index is 2.34. The first kappa shape index (κ1) is 15.0. The van der Waals surface area contributed by atoms with E-state index in [-0.39, 0.29) is 5.97 Å². The fourth-order valence-electron chi connectivity index (χ4n) is 2.09. The Kier molecular flexibility index (Phi) is 5.14. The average Bonchev–Trinajstić information content (AvgIpc) is 3.17. The lowest BCUT2D eigenvalue weighted by atomic mass is 10.2. The minimum absolute atomic E-state index is 0.334. The molecule has 0 N–H and O–H groups in total. The van der Waals surface area contributed by atoms with Crippen molar-refractivity contribution in [2.75, 3.05) is 19.8 Å². The first-order valence-corrected chi connectivity index (χ1v) is 7.20.